The van der Waals surface area contributed by atoms with Crippen molar-refractivity contribution in [2.75, 3.05) is 4.90 Å². The number of anilines is 1. The zero-order chi connectivity index (χ0) is 14.4. The first-order valence-corrected chi connectivity index (χ1v) is 6.53. The molecule has 1 aromatic carbocycles. The number of carboxylic acid groups (broad SMARTS) is 1. The Kier molecular flexibility index (Phi) is 2.90. The average molecular weight is 295 g/mol. The Morgan fingerprint density at radius 1 is 1.25 bits per heavy atom. The fraction of sp³-hybridized carbons (Fsp3) is 0.308. The lowest BCUT2D eigenvalue weighted by atomic mass is 10.1. The molecule has 0 unspecified atom stereocenters. The maximum atomic E-state index is 12.4. The Hall–Kier alpha value is -2.08. The van der Waals surface area contributed by atoms with Gasteiger partial charge in [0.1, 0.15) is 12.1 Å². The van der Waals surface area contributed by atoms with Crippen LogP contribution in [0, 0.1) is 0 Å². The van der Waals surface area contributed by atoms with Crippen LogP contribution in [0.25, 0.3) is 0 Å². The van der Waals surface area contributed by atoms with E-state index in [1.54, 1.807) is 24.3 Å². The van der Waals surface area contributed by atoms with Crippen molar-refractivity contribution < 1.29 is 19.5 Å². The summed E-state index contributed by atoms with van der Waals surface area (Å²) in [6, 6.07) is 4.26. The molecule has 0 radical (unpaired) electrons. The second-order valence-corrected chi connectivity index (χ2v) is 5.17. The number of carbonyl (C=O) groups is 3. The highest BCUT2D eigenvalue weighted by molar-refractivity contribution is 6.36. The predicted octanol–water partition coefficient (Wildman–Crippen LogP) is 1.72. The molecule has 6 nitrogen and oxygen atoms in total. The standard InChI is InChI=1S/C13H11ClN2O4/c14-7-3-1-2-4-8(7)16-11(17)9-5-6-10(12(18)19)15(9)13(16)20/h1-4,9-10H,5-6H2,(H,18,19)/t9-,10+/m0/s1. The molecule has 0 aromatic heterocycles. The molecule has 2 aliphatic rings. The number of rotatable bonds is 2. The van der Waals surface area contributed by atoms with Crippen molar-refractivity contribution in [2.24, 2.45) is 0 Å². The molecule has 7 heteroatoms. The van der Waals surface area contributed by atoms with E-state index in [4.69, 9.17) is 16.7 Å². The van der Waals surface area contributed by atoms with E-state index in [1.807, 2.05) is 0 Å². The van der Waals surface area contributed by atoms with Crippen molar-refractivity contribution in [3.8, 4) is 0 Å². The molecule has 1 aromatic rings. The molecule has 0 saturated carbocycles. The second-order valence-electron chi connectivity index (χ2n) is 4.76. The SMILES string of the molecule is O=C(O)[C@H]1CC[C@H]2C(=O)N(c3ccccc3Cl)C(=O)N12. The van der Waals surface area contributed by atoms with Gasteiger partial charge in [-0.05, 0) is 25.0 Å². The highest BCUT2D eigenvalue weighted by Gasteiger charge is 2.54. The van der Waals surface area contributed by atoms with E-state index in [2.05, 4.69) is 0 Å². The molecule has 104 valence electrons. The molecular weight excluding hydrogens is 284 g/mol. The molecule has 2 fully saturated rings. The number of fused-ring (bicyclic) bond motifs is 1. The van der Waals surface area contributed by atoms with Crippen LogP contribution in [0.2, 0.25) is 5.02 Å². The number of urea groups is 1. The van der Waals surface area contributed by atoms with Crippen LogP contribution in [0.1, 0.15) is 12.8 Å². The molecule has 20 heavy (non-hydrogen) atoms. The first-order chi connectivity index (χ1) is 9.52. The van der Waals surface area contributed by atoms with Gasteiger partial charge in [0.2, 0.25) is 0 Å². The number of para-hydroxylation sites is 1. The lowest BCUT2D eigenvalue weighted by Gasteiger charge is -2.20. The van der Waals surface area contributed by atoms with E-state index < -0.39 is 30.0 Å². The van der Waals surface area contributed by atoms with Gasteiger partial charge in [-0.25, -0.2) is 14.5 Å². The minimum atomic E-state index is -1.09. The Morgan fingerprint density at radius 2 is 1.95 bits per heavy atom. The molecule has 0 bridgehead atoms. The van der Waals surface area contributed by atoms with Gasteiger partial charge in [0.25, 0.3) is 5.91 Å². The maximum Gasteiger partial charge on any atom is 0.332 e. The summed E-state index contributed by atoms with van der Waals surface area (Å²) in [6.45, 7) is 0. The highest BCUT2D eigenvalue weighted by Crippen LogP contribution is 2.37. The number of hydrogen-bond donors (Lipinski definition) is 1. The summed E-state index contributed by atoms with van der Waals surface area (Å²) in [5.41, 5.74) is 0.294. The molecule has 0 spiro atoms. The largest absolute Gasteiger partial charge is 0.480 e. The van der Waals surface area contributed by atoms with Crippen molar-refractivity contribution in [2.45, 2.75) is 24.9 Å². The third-order valence-corrected chi connectivity index (χ3v) is 4.00. The molecule has 1 N–H and O–H groups in total. The number of nitrogens with zero attached hydrogens (tertiary/aromatic N) is 2. The van der Waals surface area contributed by atoms with E-state index in [0.717, 1.165) is 9.80 Å². The van der Waals surface area contributed by atoms with Crippen LogP contribution in [0.5, 0.6) is 0 Å². The average Bonchev–Trinajstić information content (AvgIpc) is 2.93. The minimum Gasteiger partial charge on any atom is -0.480 e. The van der Waals surface area contributed by atoms with E-state index in [9.17, 15) is 14.4 Å². The van der Waals surface area contributed by atoms with E-state index in [-0.39, 0.29) is 5.02 Å². The van der Waals surface area contributed by atoms with Gasteiger partial charge in [0.15, 0.2) is 0 Å². The molecule has 2 heterocycles. The Bertz CT molecular complexity index is 618. The van der Waals surface area contributed by atoms with Crippen LogP contribution in [0.15, 0.2) is 24.3 Å². The summed E-state index contributed by atoms with van der Waals surface area (Å²) in [5, 5.41) is 9.41. The van der Waals surface area contributed by atoms with Crippen LogP contribution >= 0.6 is 11.6 Å². The van der Waals surface area contributed by atoms with Crippen molar-refractivity contribution in [3.05, 3.63) is 29.3 Å². The van der Waals surface area contributed by atoms with Crippen LogP contribution in [-0.4, -0.2) is 40.0 Å². The number of hydrogen-bond acceptors (Lipinski definition) is 3. The fourth-order valence-electron chi connectivity index (χ4n) is 2.78. The van der Waals surface area contributed by atoms with Gasteiger partial charge >= 0.3 is 12.0 Å². The normalized spacial score (nSPS) is 25.2. The molecule has 3 amide bonds. The quantitative estimate of drug-likeness (QED) is 0.843. The van der Waals surface area contributed by atoms with Crippen LogP contribution < -0.4 is 4.90 Å². The maximum absolute atomic E-state index is 12.4. The number of carbonyl (C=O) groups excluding carboxylic acids is 2. The van der Waals surface area contributed by atoms with E-state index in [1.165, 1.54) is 0 Å². The summed E-state index contributed by atoms with van der Waals surface area (Å²) in [5.74, 6) is -1.50. The number of imide groups is 1. The van der Waals surface area contributed by atoms with E-state index >= 15 is 0 Å². The van der Waals surface area contributed by atoms with Gasteiger partial charge in [0, 0.05) is 0 Å². The number of carboxylic acids is 1. The van der Waals surface area contributed by atoms with Crippen LogP contribution in [-0.2, 0) is 9.59 Å². The first kappa shape index (κ1) is 12.9. The van der Waals surface area contributed by atoms with Crippen molar-refractivity contribution in [1.29, 1.82) is 0 Å². The Balaban J connectivity index is 2.01. The molecule has 2 saturated heterocycles. The number of amides is 3. The summed E-state index contributed by atoms with van der Waals surface area (Å²) >= 11 is 6.01. The second kappa shape index (κ2) is 4.49. The zero-order valence-electron chi connectivity index (χ0n) is 10.3. The molecule has 2 atom stereocenters. The fourth-order valence-corrected chi connectivity index (χ4v) is 3.00. The molecule has 3 rings (SSSR count). The van der Waals surface area contributed by atoms with Crippen molar-refractivity contribution in [1.82, 2.24) is 4.90 Å². The molecular formula is C13H11ClN2O4. The Morgan fingerprint density at radius 3 is 2.60 bits per heavy atom. The predicted molar refractivity (Wildman–Crippen MR) is 70.6 cm³/mol. The number of halogens is 1. The van der Waals surface area contributed by atoms with Crippen molar-refractivity contribution in [3.63, 3.8) is 0 Å². The van der Waals surface area contributed by atoms with Gasteiger partial charge < -0.3 is 5.11 Å². The first-order valence-electron chi connectivity index (χ1n) is 6.16. The lowest BCUT2D eigenvalue weighted by molar-refractivity contribution is -0.141. The summed E-state index contributed by atoms with van der Waals surface area (Å²) in [7, 11) is 0. The monoisotopic (exact) mass is 294 g/mol. The topological polar surface area (TPSA) is 77.9 Å². The lowest BCUT2D eigenvalue weighted by Crippen LogP contribution is -2.42. The Labute approximate surface area is 119 Å². The van der Waals surface area contributed by atoms with Crippen LogP contribution in [0.4, 0.5) is 10.5 Å². The van der Waals surface area contributed by atoms with E-state index in [0.29, 0.717) is 18.5 Å². The van der Waals surface area contributed by atoms with Gasteiger partial charge in [-0.1, -0.05) is 23.7 Å². The molecule has 2 aliphatic heterocycles. The molecule has 0 aliphatic carbocycles. The third-order valence-electron chi connectivity index (χ3n) is 3.68. The van der Waals surface area contributed by atoms with Gasteiger partial charge in [0.05, 0.1) is 10.7 Å². The van der Waals surface area contributed by atoms with Gasteiger partial charge in [-0.2, -0.15) is 0 Å². The summed E-state index contributed by atoms with van der Waals surface area (Å²) in [6.07, 6.45) is 0.663. The third kappa shape index (κ3) is 1.68. The summed E-state index contributed by atoms with van der Waals surface area (Å²) < 4.78 is 0. The smallest absolute Gasteiger partial charge is 0.332 e. The number of benzene rings is 1. The van der Waals surface area contributed by atoms with Gasteiger partial charge in [-0.15, -0.1) is 0 Å². The van der Waals surface area contributed by atoms with Crippen LogP contribution in [0.3, 0.4) is 0 Å². The summed E-state index contributed by atoms with van der Waals surface area (Å²) in [4.78, 5) is 38.0. The zero-order valence-corrected chi connectivity index (χ0v) is 11.1. The van der Waals surface area contributed by atoms with Crippen molar-refractivity contribution >= 4 is 35.2 Å². The highest BCUT2D eigenvalue weighted by atomic mass is 35.5. The minimum absolute atomic E-state index is 0.280. The number of aliphatic carboxylic acids is 1. The van der Waals surface area contributed by atoms with Gasteiger partial charge in [-0.3, -0.25) is 9.69 Å².